The summed E-state index contributed by atoms with van der Waals surface area (Å²) in [5.74, 6) is 0.195. The highest BCUT2D eigenvalue weighted by Crippen LogP contribution is 2.29. The van der Waals surface area contributed by atoms with Gasteiger partial charge < -0.3 is 15.2 Å². The minimum absolute atomic E-state index is 0.0600. The number of amides is 1. The van der Waals surface area contributed by atoms with Crippen LogP contribution in [0.1, 0.15) is 25.7 Å². The number of rotatable bonds is 8. The fourth-order valence-corrected chi connectivity index (χ4v) is 4.99. The van der Waals surface area contributed by atoms with Crippen LogP contribution in [0.25, 0.3) is 0 Å². The maximum atomic E-state index is 12.7. The van der Waals surface area contributed by atoms with Crippen LogP contribution in [-0.2, 0) is 14.8 Å². The van der Waals surface area contributed by atoms with Crippen molar-refractivity contribution < 1.29 is 23.1 Å². The number of ether oxygens (including phenoxy) is 1. The Hall–Kier alpha value is -2.10. The van der Waals surface area contributed by atoms with Crippen molar-refractivity contribution in [3.8, 4) is 11.5 Å². The van der Waals surface area contributed by atoms with E-state index in [1.54, 1.807) is 0 Å². The number of carbonyl (C=O) groups is 1. The molecule has 1 saturated heterocycles. The first-order valence-electron chi connectivity index (χ1n) is 9.38. The minimum atomic E-state index is -3.62. The molecule has 0 radical (unpaired) electrons. The van der Waals surface area contributed by atoms with Crippen LogP contribution in [0.4, 0.5) is 5.69 Å². The van der Waals surface area contributed by atoms with Gasteiger partial charge in [-0.2, -0.15) is 4.31 Å². The molecule has 1 fully saturated rings. The molecular weight excluding hydrogens is 460 g/mol. The monoisotopic (exact) mass is 482 g/mol. The quantitative estimate of drug-likeness (QED) is 0.441. The number of phenols is 1. The molecule has 1 heterocycles. The van der Waals surface area contributed by atoms with Crippen LogP contribution in [0.5, 0.6) is 11.5 Å². The zero-order chi connectivity index (χ0) is 20.9. The predicted molar refractivity (Wildman–Crippen MR) is 114 cm³/mol. The molecule has 0 spiro atoms. The first-order chi connectivity index (χ1) is 13.9. The Kier molecular flexibility index (Phi) is 7.15. The number of nitrogens with zero attached hydrogens (tertiary/aromatic N) is 1. The van der Waals surface area contributed by atoms with Gasteiger partial charge in [0.15, 0.2) is 0 Å². The topological polar surface area (TPSA) is 95.9 Å². The summed E-state index contributed by atoms with van der Waals surface area (Å²) in [6.07, 6.45) is 2.32. The summed E-state index contributed by atoms with van der Waals surface area (Å²) >= 11 is 3.39. The fraction of sp³-hybridized carbons (Fsp3) is 0.350. The molecule has 1 aliphatic rings. The van der Waals surface area contributed by atoms with Gasteiger partial charge in [-0.15, -0.1) is 0 Å². The van der Waals surface area contributed by atoms with Crippen molar-refractivity contribution in [1.82, 2.24) is 4.31 Å². The van der Waals surface area contributed by atoms with Crippen molar-refractivity contribution in [2.75, 3.05) is 25.0 Å². The number of aromatic hydroxyl groups is 1. The summed E-state index contributed by atoms with van der Waals surface area (Å²) < 4.78 is 33.2. The fourth-order valence-electron chi connectivity index (χ4n) is 3.04. The van der Waals surface area contributed by atoms with Crippen LogP contribution in [-0.4, -0.2) is 43.4 Å². The number of hydrogen-bond acceptors (Lipinski definition) is 5. The number of sulfonamides is 1. The second-order valence-electron chi connectivity index (χ2n) is 6.72. The number of anilines is 1. The minimum Gasteiger partial charge on any atom is -0.506 e. The maximum absolute atomic E-state index is 12.7. The Morgan fingerprint density at radius 1 is 1.17 bits per heavy atom. The van der Waals surface area contributed by atoms with Gasteiger partial charge in [0.1, 0.15) is 11.5 Å². The normalized spacial score (nSPS) is 14.7. The molecule has 0 aliphatic carbocycles. The smallest absolute Gasteiger partial charge is 0.243 e. The van der Waals surface area contributed by atoms with Gasteiger partial charge in [-0.05, 0) is 65.5 Å². The van der Waals surface area contributed by atoms with E-state index in [1.807, 2.05) is 24.3 Å². The standard InChI is InChI=1S/C20H23BrN2O5S/c21-16-6-1-2-7-19(16)28-13-5-8-20(25)22-17-14-15(9-10-18(17)24)29(26,27)23-11-3-4-12-23/h1-2,6-7,9-10,14,24H,3-5,8,11-13H2,(H,22,25). The van der Waals surface area contributed by atoms with E-state index in [4.69, 9.17) is 4.74 Å². The van der Waals surface area contributed by atoms with Crippen molar-refractivity contribution >= 4 is 37.5 Å². The van der Waals surface area contributed by atoms with Crippen LogP contribution in [0, 0.1) is 0 Å². The molecule has 7 nitrogen and oxygen atoms in total. The highest BCUT2D eigenvalue weighted by molar-refractivity contribution is 9.10. The van der Waals surface area contributed by atoms with E-state index < -0.39 is 10.0 Å². The van der Waals surface area contributed by atoms with E-state index in [0.29, 0.717) is 31.9 Å². The van der Waals surface area contributed by atoms with Crippen molar-refractivity contribution in [3.63, 3.8) is 0 Å². The van der Waals surface area contributed by atoms with Gasteiger partial charge in [-0.25, -0.2) is 8.42 Å². The molecule has 0 bridgehead atoms. The van der Waals surface area contributed by atoms with E-state index >= 15 is 0 Å². The third-order valence-corrected chi connectivity index (χ3v) is 7.14. The number of para-hydroxylation sites is 1. The lowest BCUT2D eigenvalue weighted by Crippen LogP contribution is -2.28. The molecule has 1 aliphatic heterocycles. The van der Waals surface area contributed by atoms with Gasteiger partial charge in [-0.3, -0.25) is 4.79 Å². The average molecular weight is 483 g/mol. The molecular formula is C20H23BrN2O5S. The lowest BCUT2D eigenvalue weighted by atomic mass is 10.2. The molecule has 2 aromatic rings. The number of phenolic OH excluding ortho intramolecular Hbond substituents is 1. The lowest BCUT2D eigenvalue weighted by molar-refractivity contribution is -0.116. The first kappa shape index (κ1) is 21.6. The SMILES string of the molecule is O=C(CCCOc1ccccc1Br)Nc1cc(S(=O)(=O)N2CCCC2)ccc1O. The molecule has 3 rings (SSSR count). The van der Waals surface area contributed by atoms with Gasteiger partial charge in [-0.1, -0.05) is 12.1 Å². The summed E-state index contributed by atoms with van der Waals surface area (Å²) in [5.41, 5.74) is 0.0852. The van der Waals surface area contributed by atoms with Crippen LogP contribution in [0.3, 0.4) is 0 Å². The molecule has 1 amide bonds. The number of halogens is 1. The average Bonchev–Trinajstić information content (AvgIpc) is 3.24. The molecule has 0 unspecified atom stereocenters. The van der Waals surface area contributed by atoms with Gasteiger partial charge in [0, 0.05) is 19.5 Å². The Balaban J connectivity index is 1.56. The molecule has 0 aromatic heterocycles. The van der Waals surface area contributed by atoms with E-state index in [0.717, 1.165) is 17.3 Å². The third-order valence-electron chi connectivity index (χ3n) is 4.59. The van der Waals surface area contributed by atoms with Gasteiger partial charge >= 0.3 is 0 Å². The Bertz CT molecular complexity index is 975. The van der Waals surface area contributed by atoms with Gasteiger partial charge in [0.25, 0.3) is 0 Å². The highest BCUT2D eigenvalue weighted by atomic mass is 79.9. The van der Waals surface area contributed by atoms with Crippen molar-refractivity contribution in [1.29, 1.82) is 0 Å². The number of carbonyl (C=O) groups excluding carboxylic acids is 1. The lowest BCUT2D eigenvalue weighted by Gasteiger charge is -2.16. The van der Waals surface area contributed by atoms with Crippen LogP contribution >= 0.6 is 15.9 Å². The summed E-state index contributed by atoms with van der Waals surface area (Å²) in [7, 11) is -3.62. The second-order valence-corrected chi connectivity index (χ2v) is 9.51. The molecule has 2 aromatic carbocycles. The molecule has 2 N–H and O–H groups in total. The largest absolute Gasteiger partial charge is 0.506 e. The Labute approximate surface area is 178 Å². The maximum Gasteiger partial charge on any atom is 0.243 e. The first-order valence-corrected chi connectivity index (χ1v) is 11.6. The summed E-state index contributed by atoms with van der Waals surface area (Å²) in [4.78, 5) is 12.3. The van der Waals surface area contributed by atoms with Gasteiger partial charge in [0.05, 0.1) is 21.7 Å². The van der Waals surface area contributed by atoms with E-state index in [9.17, 15) is 18.3 Å². The second kappa shape index (κ2) is 9.60. The Morgan fingerprint density at radius 2 is 1.90 bits per heavy atom. The predicted octanol–water partition coefficient (Wildman–Crippen LogP) is 3.74. The van der Waals surface area contributed by atoms with Crippen molar-refractivity contribution in [3.05, 3.63) is 46.9 Å². The van der Waals surface area contributed by atoms with Crippen LogP contribution in [0.15, 0.2) is 51.8 Å². The molecule has 29 heavy (non-hydrogen) atoms. The third kappa shape index (κ3) is 5.49. The highest BCUT2D eigenvalue weighted by Gasteiger charge is 2.27. The summed E-state index contributed by atoms with van der Waals surface area (Å²) in [6, 6.07) is 11.4. The summed E-state index contributed by atoms with van der Waals surface area (Å²) in [6.45, 7) is 1.33. The van der Waals surface area contributed by atoms with E-state index in [1.165, 1.54) is 22.5 Å². The van der Waals surface area contributed by atoms with E-state index in [2.05, 4.69) is 21.2 Å². The molecule has 0 atom stereocenters. The number of nitrogens with one attached hydrogen (secondary N) is 1. The van der Waals surface area contributed by atoms with Crippen molar-refractivity contribution in [2.45, 2.75) is 30.6 Å². The summed E-state index contributed by atoms with van der Waals surface area (Å²) in [5, 5.41) is 12.6. The van der Waals surface area contributed by atoms with Gasteiger partial charge in [0.2, 0.25) is 15.9 Å². The Morgan fingerprint density at radius 3 is 2.62 bits per heavy atom. The zero-order valence-corrected chi connectivity index (χ0v) is 18.2. The molecule has 9 heteroatoms. The number of hydrogen-bond donors (Lipinski definition) is 2. The van der Waals surface area contributed by atoms with E-state index in [-0.39, 0.29) is 28.7 Å². The van der Waals surface area contributed by atoms with Crippen LogP contribution < -0.4 is 10.1 Å². The van der Waals surface area contributed by atoms with Crippen LogP contribution in [0.2, 0.25) is 0 Å². The number of benzene rings is 2. The zero-order valence-electron chi connectivity index (χ0n) is 15.8. The molecule has 0 saturated carbocycles. The van der Waals surface area contributed by atoms with Crippen molar-refractivity contribution in [2.24, 2.45) is 0 Å². The molecule has 156 valence electrons.